The first-order valence-electron chi connectivity index (χ1n) is 12.5. The number of fused-ring (bicyclic) bond motifs is 2. The SMILES string of the molecule is COC(=O)c1ccc(C(=O)C[C@@H]2N[C@@]3(C(=O)Nc4cc(Cl)ccc43)[C@@H](c3cccc(Cl)c3F)C2[N+](=O)[O-])c(N)c1OC. The van der Waals surface area contributed by atoms with E-state index in [2.05, 4.69) is 10.6 Å². The fourth-order valence-corrected chi connectivity index (χ4v) is 6.33. The van der Waals surface area contributed by atoms with Crippen molar-refractivity contribution in [3.63, 3.8) is 0 Å². The number of anilines is 2. The summed E-state index contributed by atoms with van der Waals surface area (Å²) in [6.07, 6.45) is -0.521. The molecule has 42 heavy (non-hydrogen) atoms. The number of carbonyl (C=O) groups is 3. The topological polar surface area (TPSA) is 163 Å². The van der Waals surface area contributed by atoms with Gasteiger partial charge in [-0.25, -0.2) is 9.18 Å². The van der Waals surface area contributed by atoms with Crippen LogP contribution in [0.3, 0.4) is 0 Å². The normalized spacial score (nSPS) is 22.5. The predicted molar refractivity (Wildman–Crippen MR) is 151 cm³/mol. The molecular formula is C28H23Cl2FN4O7. The number of hydrogen-bond donors (Lipinski definition) is 3. The summed E-state index contributed by atoms with van der Waals surface area (Å²) in [4.78, 5) is 51.5. The summed E-state index contributed by atoms with van der Waals surface area (Å²) in [5, 5.41) is 18.4. The van der Waals surface area contributed by atoms with E-state index in [1.807, 2.05) is 0 Å². The van der Waals surface area contributed by atoms with Crippen LogP contribution in [0.15, 0.2) is 48.5 Å². The van der Waals surface area contributed by atoms with Crippen molar-refractivity contribution in [2.24, 2.45) is 0 Å². The zero-order valence-corrected chi connectivity index (χ0v) is 23.6. The predicted octanol–water partition coefficient (Wildman–Crippen LogP) is 4.33. The summed E-state index contributed by atoms with van der Waals surface area (Å²) in [6.45, 7) is 0. The molecule has 11 nitrogen and oxygen atoms in total. The second kappa shape index (κ2) is 10.9. The molecule has 2 aliphatic heterocycles. The molecule has 1 saturated heterocycles. The standard InChI is InChI=1S/C28H23Cl2FN4O7/c1-41-25-15(26(37)42-2)8-7-13(23(25)32)20(36)11-19-24(35(39)40)21(14-4-3-5-17(30)22(14)31)28(34-19)16-9-6-12(29)10-18(16)33-27(28)38/h3-10,19,21,24,34H,11,32H2,1-2H3,(H,33,38)/t19-,21-,24?,28+/m0/s1. The zero-order valence-electron chi connectivity index (χ0n) is 22.1. The van der Waals surface area contributed by atoms with Gasteiger partial charge >= 0.3 is 5.97 Å². The Hall–Kier alpha value is -4.26. The summed E-state index contributed by atoms with van der Waals surface area (Å²) >= 11 is 12.2. The van der Waals surface area contributed by atoms with Crippen LogP contribution in [-0.2, 0) is 15.1 Å². The van der Waals surface area contributed by atoms with Crippen LogP contribution in [0.1, 0.15) is 44.2 Å². The van der Waals surface area contributed by atoms with Crippen LogP contribution >= 0.6 is 23.2 Å². The minimum Gasteiger partial charge on any atom is -0.494 e. The van der Waals surface area contributed by atoms with Crippen LogP contribution in [0, 0.1) is 15.9 Å². The number of rotatable bonds is 7. The molecule has 1 spiro atoms. The Morgan fingerprint density at radius 1 is 1.14 bits per heavy atom. The number of carbonyl (C=O) groups excluding carboxylic acids is 3. The average molecular weight is 617 g/mol. The molecule has 4 N–H and O–H groups in total. The molecule has 14 heteroatoms. The number of nitrogens with two attached hydrogens (primary N) is 1. The summed E-state index contributed by atoms with van der Waals surface area (Å²) in [7, 11) is 2.42. The zero-order chi connectivity index (χ0) is 30.5. The number of ether oxygens (including phenoxy) is 2. The molecule has 0 bridgehead atoms. The summed E-state index contributed by atoms with van der Waals surface area (Å²) in [6, 6.07) is 8.16. The van der Waals surface area contributed by atoms with Gasteiger partial charge in [0.1, 0.15) is 16.9 Å². The minimum absolute atomic E-state index is 0.0236. The smallest absolute Gasteiger partial charge is 0.341 e. The van der Waals surface area contributed by atoms with Gasteiger partial charge in [-0.15, -0.1) is 0 Å². The number of halogens is 3. The van der Waals surface area contributed by atoms with Gasteiger partial charge in [-0.3, -0.25) is 25.0 Å². The molecule has 4 atom stereocenters. The summed E-state index contributed by atoms with van der Waals surface area (Å²) < 4.78 is 25.5. The van der Waals surface area contributed by atoms with Gasteiger partial charge in [0, 0.05) is 38.7 Å². The van der Waals surface area contributed by atoms with Crippen LogP contribution < -0.4 is 21.1 Å². The van der Waals surface area contributed by atoms with Crippen molar-refractivity contribution in [3.8, 4) is 5.75 Å². The lowest BCUT2D eigenvalue weighted by atomic mass is 9.74. The Morgan fingerprint density at radius 2 is 1.86 bits per heavy atom. The lowest BCUT2D eigenvalue weighted by Gasteiger charge is -2.30. The van der Waals surface area contributed by atoms with Gasteiger partial charge in [0.05, 0.1) is 36.9 Å². The number of nitrogens with one attached hydrogen (secondary N) is 2. The second-order valence-corrected chi connectivity index (χ2v) is 10.7. The van der Waals surface area contributed by atoms with Crippen LogP contribution in [0.5, 0.6) is 5.75 Å². The molecule has 0 radical (unpaired) electrons. The number of nitrogens with zero attached hydrogens (tertiary/aromatic N) is 1. The van der Waals surface area contributed by atoms with E-state index in [1.165, 1.54) is 62.8 Å². The number of methoxy groups -OCH3 is 2. The lowest BCUT2D eigenvalue weighted by Crippen LogP contribution is -2.49. The molecule has 2 heterocycles. The van der Waals surface area contributed by atoms with Crippen LogP contribution in [0.2, 0.25) is 10.0 Å². The quantitative estimate of drug-likeness (QED) is 0.115. The van der Waals surface area contributed by atoms with Crippen molar-refractivity contribution >= 4 is 52.2 Å². The fourth-order valence-electron chi connectivity index (χ4n) is 5.98. The van der Waals surface area contributed by atoms with Crippen LogP contribution in [-0.4, -0.2) is 48.9 Å². The van der Waals surface area contributed by atoms with Crippen molar-refractivity contribution in [3.05, 3.63) is 96.8 Å². The Bertz CT molecular complexity index is 1670. The number of esters is 1. The van der Waals surface area contributed by atoms with Gasteiger partial charge < -0.3 is 20.5 Å². The summed E-state index contributed by atoms with van der Waals surface area (Å²) in [5.41, 5.74) is 4.46. The third-order valence-corrected chi connectivity index (χ3v) is 8.24. The Balaban J connectivity index is 1.64. The molecule has 218 valence electrons. The van der Waals surface area contributed by atoms with E-state index in [9.17, 15) is 24.5 Å². The number of benzene rings is 3. The molecule has 5 rings (SSSR count). The second-order valence-electron chi connectivity index (χ2n) is 9.83. The fraction of sp³-hybridized carbons (Fsp3) is 0.250. The lowest BCUT2D eigenvalue weighted by molar-refractivity contribution is -0.526. The third kappa shape index (κ3) is 4.42. The Morgan fingerprint density at radius 3 is 2.52 bits per heavy atom. The van der Waals surface area contributed by atoms with Crippen molar-refractivity contribution in [2.45, 2.75) is 30.0 Å². The molecule has 3 aromatic carbocycles. The molecule has 1 fully saturated rings. The van der Waals surface area contributed by atoms with E-state index in [0.29, 0.717) is 10.6 Å². The van der Waals surface area contributed by atoms with Gasteiger partial charge in [-0.05, 0) is 30.3 Å². The summed E-state index contributed by atoms with van der Waals surface area (Å²) in [5.74, 6) is -4.54. The minimum atomic E-state index is -1.86. The number of nitrogen functional groups attached to an aromatic ring is 1. The molecule has 0 aromatic heterocycles. The van der Waals surface area contributed by atoms with Gasteiger partial charge in [-0.1, -0.05) is 41.4 Å². The first-order chi connectivity index (χ1) is 20.0. The van der Waals surface area contributed by atoms with E-state index in [0.717, 1.165) is 0 Å². The van der Waals surface area contributed by atoms with Crippen molar-refractivity contribution in [1.29, 1.82) is 0 Å². The number of Topliss-reactive ketones (excluding diaryl/α,β-unsaturated/α-hetero) is 1. The largest absolute Gasteiger partial charge is 0.494 e. The van der Waals surface area contributed by atoms with E-state index in [1.54, 1.807) is 0 Å². The Labute approximate surface area is 248 Å². The van der Waals surface area contributed by atoms with Crippen LogP contribution in [0.25, 0.3) is 0 Å². The molecule has 0 aliphatic carbocycles. The average Bonchev–Trinajstić information content (AvgIpc) is 3.42. The van der Waals surface area contributed by atoms with Crippen molar-refractivity contribution in [1.82, 2.24) is 5.32 Å². The molecule has 3 aromatic rings. The maximum Gasteiger partial charge on any atom is 0.341 e. The van der Waals surface area contributed by atoms with E-state index < -0.39 is 58.4 Å². The highest BCUT2D eigenvalue weighted by atomic mass is 35.5. The molecule has 1 amide bonds. The van der Waals surface area contributed by atoms with Crippen molar-refractivity contribution in [2.75, 3.05) is 25.3 Å². The van der Waals surface area contributed by atoms with Gasteiger partial charge in [0.15, 0.2) is 11.5 Å². The van der Waals surface area contributed by atoms with Gasteiger partial charge in [0.25, 0.3) is 0 Å². The molecule has 0 saturated carbocycles. The van der Waals surface area contributed by atoms with Gasteiger partial charge in [-0.2, -0.15) is 0 Å². The van der Waals surface area contributed by atoms with E-state index in [4.69, 9.17) is 38.4 Å². The third-order valence-electron chi connectivity index (χ3n) is 7.72. The first-order valence-corrected chi connectivity index (χ1v) is 13.3. The number of hydrogen-bond acceptors (Lipinski definition) is 9. The highest BCUT2D eigenvalue weighted by Crippen LogP contribution is 2.54. The van der Waals surface area contributed by atoms with Crippen molar-refractivity contribution < 1.29 is 33.2 Å². The van der Waals surface area contributed by atoms with Gasteiger partial charge in [0.2, 0.25) is 11.9 Å². The number of nitro groups is 1. The van der Waals surface area contributed by atoms with E-state index in [-0.39, 0.29) is 38.8 Å². The van der Waals surface area contributed by atoms with Crippen LogP contribution in [0.4, 0.5) is 15.8 Å². The molecule has 2 aliphatic rings. The monoisotopic (exact) mass is 616 g/mol. The van der Waals surface area contributed by atoms with E-state index >= 15 is 4.39 Å². The molecular weight excluding hydrogens is 594 g/mol. The highest BCUT2D eigenvalue weighted by Gasteiger charge is 2.67. The maximum absolute atomic E-state index is 15.5. The Kier molecular flexibility index (Phi) is 7.56. The number of amides is 1. The first kappa shape index (κ1) is 29.2. The number of ketones is 1. The highest BCUT2D eigenvalue weighted by molar-refractivity contribution is 6.31. The molecule has 1 unspecified atom stereocenters. The maximum atomic E-state index is 15.5.